The molecule has 1 atom stereocenters. The molecule has 5 nitrogen and oxygen atoms in total. The second-order valence-electron chi connectivity index (χ2n) is 4.39. The fraction of sp³-hybridized carbons (Fsp3) is 0.889. The van der Waals surface area contributed by atoms with Gasteiger partial charge in [0, 0.05) is 13.0 Å². The van der Waals surface area contributed by atoms with Crippen molar-refractivity contribution in [2.45, 2.75) is 37.6 Å². The molecular formula is C9H14N2O3. The van der Waals surface area contributed by atoms with Crippen molar-refractivity contribution >= 4 is 5.97 Å². The zero-order chi connectivity index (χ0) is 10.2. The van der Waals surface area contributed by atoms with Crippen molar-refractivity contribution in [2.24, 2.45) is 11.2 Å². The van der Waals surface area contributed by atoms with E-state index in [4.69, 9.17) is 5.11 Å². The first kappa shape index (κ1) is 9.43. The van der Waals surface area contributed by atoms with Crippen LogP contribution in [-0.2, 0) is 4.79 Å². The molecule has 0 aromatic carbocycles. The molecule has 0 amide bonds. The van der Waals surface area contributed by atoms with Crippen LogP contribution in [0.1, 0.15) is 32.1 Å². The number of hydrogen-bond acceptors (Lipinski definition) is 3. The van der Waals surface area contributed by atoms with Crippen LogP contribution in [0.2, 0.25) is 0 Å². The van der Waals surface area contributed by atoms with Crippen molar-refractivity contribution in [1.29, 1.82) is 0 Å². The number of hydrogen-bond donors (Lipinski definition) is 1. The van der Waals surface area contributed by atoms with Crippen LogP contribution in [0.3, 0.4) is 0 Å². The maximum atomic E-state index is 10.6. The Bertz CT molecular complexity index is 263. The molecule has 14 heavy (non-hydrogen) atoms. The highest BCUT2D eigenvalue weighted by Gasteiger charge is 2.52. The Balaban J connectivity index is 1.96. The number of nitrogens with zero attached hydrogens (tertiary/aromatic N) is 2. The first-order chi connectivity index (χ1) is 6.66. The minimum Gasteiger partial charge on any atom is -0.481 e. The summed E-state index contributed by atoms with van der Waals surface area (Å²) in [4.78, 5) is 21.1. The second kappa shape index (κ2) is 3.22. The van der Waals surface area contributed by atoms with E-state index in [0.29, 0.717) is 6.54 Å². The van der Waals surface area contributed by atoms with E-state index in [1.54, 1.807) is 5.01 Å². The van der Waals surface area contributed by atoms with Crippen molar-refractivity contribution in [2.75, 3.05) is 6.54 Å². The molecule has 2 rings (SSSR count). The molecule has 2 fully saturated rings. The predicted molar refractivity (Wildman–Crippen MR) is 49.4 cm³/mol. The lowest BCUT2D eigenvalue weighted by molar-refractivity contribution is -0.138. The van der Waals surface area contributed by atoms with E-state index in [1.165, 1.54) is 0 Å². The summed E-state index contributed by atoms with van der Waals surface area (Å²) in [7, 11) is 0. The van der Waals surface area contributed by atoms with E-state index in [9.17, 15) is 9.70 Å². The Morgan fingerprint density at radius 2 is 2.29 bits per heavy atom. The minimum atomic E-state index is -0.738. The van der Waals surface area contributed by atoms with Gasteiger partial charge in [-0.2, -0.15) is 0 Å². The first-order valence-corrected chi connectivity index (χ1v) is 4.99. The van der Waals surface area contributed by atoms with Gasteiger partial charge in [0.05, 0.1) is 10.8 Å². The molecule has 1 saturated heterocycles. The Morgan fingerprint density at radius 1 is 1.57 bits per heavy atom. The molecule has 1 saturated carbocycles. The molecule has 1 spiro atoms. The van der Waals surface area contributed by atoms with Crippen LogP contribution in [0.15, 0.2) is 5.29 Å². The predicted octanol–water partition coefficient (Wildman–Crippen LogP) is 1.39. The molecule has 1 aliphatic heterocycles. The van der Waals surface area contributed by atoms with E-state index < -0.39 is 5.97 Å². The van der Waals surface area contributed by atoms with Crippen LogP contribution in [0.25, 0.3) is 0 Å². The molecule has 5 heteroatoms. The molecule has 0 aromatic heterocycles. The van der Waals surface area contributed by atoms with Gasteiger partial charge >= 0.3 is 5.97 Å². The molecule has 2 aliphatic rings. The van der Waals surface area contributed by atoms with Gasteiger partial charge in [-0.15, -0.1) is 4.91 Å². The van der Waals surface area contributed by atoms with Gasteiger partial charge in [-0.1, -0.05) is 0 Å². The zero-order valence-corrected chi connectivity index (χ0v) is 7.98. The summed E-state index contributed by atoms with van der Waals surface area (Å²) >= 11 is 0. The lowest BCUT2D eigenvalue weighted by atomic mass is 9.88. The van der Waals surface area contributed by atoms with E-state index in [0.717, 1.165) is 25.7 Å². The van der Waals surface area contributed by atoms with Gasteiger partial charge in [0.1, 0.15) is 0 Å². The van der Waals surface area contributed by atoms with Gasteiger partial charge in [-0.3, -0.25) is 9.80 Å². The zero-order valence-electron chi connectivity index (χ0n) is 7.98. The standard InChI is InChI=1S/C9H14N2O3/c12-8(13)5-7-1-4-11(10-14)9(6-7)2-3-9/h7H,1-6H2,(H,12,13). The van der Waals surface area contributed by atoms with Crippen LogP contribution in [-0.4, -0.2) is 28.2 Å². The minimum absolute atomic E-state index is 0.0554. The third-order valence-corrected chi connectivity index (χ3v) is 3.35. The summed E-state index contributed by atoms with van der Waals surface area (Å²) in [6, 6.07) is 0. The van der Waals surface area contributed by atoms with Gasteiger partial charge in [0.15, 0.2) is 0 Å². The van der Waals surface area contributed by atoms with E-state index in [-0.39, 0.29) is 17.9 Å². The molecule has 1 unspecified atom stereocenters. The van der Waals surface area contributed by atoms with Crippen LogP contribution in [0.4, 0.5) is 0 Å². The largest absolute Gasteiger partial charge is 0.481 e. The maximum absolute atomic E-state index is 10.6. The molecule has 1 N–H and O–H groups in total. The first-order valence-electron chi connectivity index (χ1n) is 4.99. The quantitative estimate of drug-likeness (QED) is 0.695. The van der Waals surface area contributed by atoms with Crippen LogP contribution in [0.5, 0.6) is 0 Å². The second-order valence-corrected chi connectivity index (χ2v) is 4.39. The molecule has 0 bridgehead atoms. The van der Waals surface area contributed by atoms with E-state index in [1.807, 2.05) is 0 Å². The Morgan fingerprint density at radius 3 is 2.79 bits per heavy atom. The van der Waals surface area contributed by atoms with Crippen molar-refractivity contribution in [1.82, 2.24) is 5.01 Å². The third kappa shape index (κ3) is 1.58. The molecule has 0 aromatic rings. The monoisotopic (exact) mass is 198 g/mol. The summed E-state index contributed by atoms with van der Waals surface area (Å²) in [5, 5.41) is 13.3. The molecular weight excluding hydrogens is 184 g/mol. The highest BCUT2D eigenvalue weighted by Crippen LogP contribution is 2.50. The van der Waals surface area contributed by atoms with E-state index >= 15 is 0 Å². The number of piperidine rings is 1. The highest BCUT2D eigenvalue weighted by molar-refractivity contribution is 5.67. The number of carboxylic acids is 1. The number of nitroso groups, excluding NO2 is 1. The Kier molecular flexibility index (Phi) is 2.17. The summed E-state index contributed by atoms with van der Waals surface area (Å²) in [5.41, 5.74) is -0.0554. The SMILES string of the molecule is O=NN1CCC(CC(=O)O)CC12CC2. The number of carboxylic acid groups (broad SMARTS) is 1. The molecule has 0 radical (unpaired) electrons. The molecule has 1 heterocycles. The summed E-state index contributed by atoms with van der Waals surface area (Å²) in [6.45, 7) is 0.626. The fourth-order valence-corrected chi connectivity index (χ4v) is 2.44. The topological polar surface area (TPSA) is 70.0 Å². The Labute approximate surface area is 82.0 Å². The fourth-order valence-electron chi connectivity index (χ4n) is 2.44. The highest BCUT2D eigenvalue weighted by atomic mass is 16.4. The normalized spacial score (nSPS) is 28.9. The van der Waals surface area contributed by atoms with Crippen LogP contribution < -0.4 is 0 Å². The van der Waals surface area contributed by atoms with Crippen molar-refractivity contribution < 1.29 is 9.90 Å². The van der Waals surface area contributed by atoms with Crippen molar-refractivity contribution in [3.63, 3.8) is 0 Å². The van der Waals surface area contributed by atoms with Gasteiger partial charge < -0.3 is 5.11 Å². The smallest absolute Gasteiger partial charge is 0.303 e. The number of rotatable bonds is 3. The summed E-state index contributed by atoms with van der Waals surface area (Å²) in [5.74, 6) is -0.508. The van der Waals surface area contributed by atoms with Gasteiger partial charge in [-0.05, 0) is 31.6 Å². The average molecular weight is 198 g/mol. The van der Waals surface area contributed by atoms with Crippen LogP contribution in [0, 0.1) is 10.8 Å². The summed E-state index contributed by atoms with van der Waals surface area (Å²) < 4.78 is 0. The summed E-state index contributed by atoms with van der Waals surface area (Å²) in [6.07, 6.45) is 3.82. The number of carbonyl (C=O) groups is 1. The van der Waals surface area contributed by atoms with Gasteiger partial charge in [-0.25, -0.2) is 0 Å². The number of aliphatic carboxylic acids is 1. The molecule has 1 aliphatic carbocycles. The Hall–Kier alpha value is -1.13. The third-order valence-electron chi connectivity index (χ3n) is 3.35. The van der Waals surface area contributed by atoms with Crippen molar-refractivity contribution in [3.8, 4) is 0 Å². The van der Waals surface area contributed by atoms with Gasteiger partial charge in [0.2, 0.25) is 0 Å². The lowest BCUT2D eigenvalue weighted by Crippen LogP contribution is -2.41. The molecule has 78 valence electrons. The van der Waals surface area contributed by atoms with Crippen LogP contribution >= 0.6 is 0 Å². The van der Waals surface area contributed by atoms with Gasteiger partial charge in [0.25, 0.3) is 0 Å². The maximum Gasteiger partial charge on any atom is 0.303 e. The average Bonchev–Trinajstić information content (AvgIpc) is 2.85. The van der Waals surface area contributed by atoms with Crippen molar-refractivity contribution in [3.05, 3.63) is 4.91 Å². The lowest BCUT2D eigenvalue weighted by Gasteiger charge is -2.35. The van der Waals surface area contributed by atoms with E-state index in [2.05, 4.69) is 5.29 Å².